The van der Waals surface area contributed by atoms with Crippen LogP contribution in [-0.4, -0.2) is 0 Å². The third kappa shape index (κ3) is 6.68. The Morgan fingerprint density at radius 3 is 1.75 bits per heavy atom. The van der Waals surface area contributed by atoms with Gasteiger partial charge in [0.2, 0.25) is 0 Å². The van der Waals surface area contributed by atoms with E-state index in [1.807, 2.05) is 0 Å². The molecule has 0 spiro atoms. The Kier molecular flexibility index (Phi) is 9.63. The molecule has 6 aromatic rings. The summed E-state index contributed by atoms with van der Waals surface area (Å²) in [5.74, 6) is 3.96. The number of hydrogen-bond donors (Lipinski definition) is 0. The Labute approximate surface area is 353 Å². The van der Waals surface area contributed by atoms with Crippen molar-refractivity contribution in [2.24, 2.45) is 11.8 Å². The summed E-state index contributed by atoms with van der Waals surface area (Å²) in [5.41, 5.74) is 19.2. The molecule has 3 atom stereocenters. The van der Waals surface area contributed by atoms with E-state index in [0.29, 0.717) is 5.92 Å². The van der Waals surface area contributed by atoms with Gasteiger partial charge < -0.3 is 4.90 Å². The number of benzene rings is 6. The fraction of sp³-hybridized carbons (Fsp3) is 0.379. The molecule has 0 heterocycles. The Bertz CT molecular complexity index is 2440. The van der Waals surface area contributed by atoms with Gasteiger partial charge in [-0.15, -0.1) is 0 Å². The summed E-state index contributed by atoms with van der Waals surface area (Å²) in [6.07, 6.45) is 19.2. The molecule has 2 bridgehead atoms. The Hall–Kier alpha value is -4.88. The molecule has 3 unspecified atom stereocenters. The van der Waals surface area contributed by atoms with Crippen LogP contribution in [0.25, 0.3) is 33.4 Å². The van der Waals surface area contributed by atoms with E-state index in [0.717, 1.165) is 23.7 Å². The molecule has 0 radical (unpaired) electrons. The van der Waals surface area contributed by atoms with Crippen molar-refractivity contribution in [2.75, 3.05) is 4.90 Å². The first-order valence-corrected chi connectivity index (χ1v) is 23.5. The molecule has 1 nitrogen and oxygen atoms in total. The molecule has 11 rings (SSSR count). The molecule has 298 valence electrons. The van der Waals surface area contributed by atoms with Crippen molar-refractivity contribution < 1.29 is 0 Å². The number of fused-ring (bicyclic) bond motifs is 5. The first kappa shape index (κ1) is 37.1. The van der Waals surface area contributed by atoms with Crippen molar-refractivity contribution in [3.05, 3.63) is 161 Å². The Morgan fingerprint density at radius 2 is 1.05 bits per heavy atom. The lowest BCUT2D eigenvalue weighted by Crippen LogP contribution is -2.17. The van der Waals surface area contributed by atoms with Crippen LogP contribution in [0, 0.1) is 11.8 Å². The molecule has 59 heavy (non-hydrogen) atoms. The molecule has 6 aromatic carbocycles. The minimum Gasteiger partial charge on any atom is -0.310 e. The lowest BCUT2D eigenvalue weighted by Gasteiger charge is -2.29. The Balaban J connectivity index is 0.960. The fourth-order valence-corrected chi connectivity index (χ4v) is 12.9. The summed E-state index contributed by atoms with van der Waals surface area (Å²) >= 11 is 0. The van der Waals surface area contributed by atoms with E-state index in [-0.39, 0.29) is 5.41 Å². The maximum Gasteiger partial charge on any atom is 0.0465 e. The molecule has 0 amide bonds. The molecular weight excluding hydrogens is 711 g/mol. The van der Waals surface area contributed by atoms with Gasteiger partial charge in [-0.1, -0.05) is 156 Å². The molecular formula is C58H61N. The van der Waals surface area contributed by atoms with Crippen molar-refractivity contribution in [3.8, 4) is 33.4 Å². The van der Waals surface area contributed by atoms with E-state index < -0.39 is 0 Å². The smallest absolute Gasteiger partial charge is 0.0465 e. The fourth-order valence-electron chi connectivity index (χ4n) is 12.9. The van der Waals surface area contributed by atoms with Gasteiger partial charge in [-0.2, -0.15) is 0 Å². The van der Waals surface area contributed by atoms with Crippen molar-refractivity contribution >= 4 is 17.1 Å². The highest BCUT2D eigenvalue weighted by Crippen LogP contribution is 2.55. The van der Waals surface area contributed by atoms with Crippen molar-refractivity contribution in [1.29, 1.82) is 0 Å². The van der Waals surface area contributed by atoms with Crippen LogP contribution in [0.1, 0.15) is 149 Å². The van der Waals surface area contributed by atoms with E-state index in [1.54, 1.807) is 5.56 Å². The highest BCUT2D eigenvalue weighted by molar-refractivity contribution is 5.90. The molecule has 0 saturated heterocycles. The maximum atomic E-state index is 2.52. The molecule has 4 saturated carbocycles. The zero-order valence-corrected chi connectivity index (χ0v) is 35.4. The minimum atomic E-state index is -0.149. The van der Waals surface area contributed by atoms with Crippen LogP contribution in [0.3, 0.4) is 0 Å². The van der Waals surface area contributed by atoms with E-state index >= 15 is 0 Å². The second kappa shape index (κ2) is 15.3. The highest BCUT2D eigenvalue weighted by atomic mass is 15.1. The number of anilines is 3. The SMILES string of the molecule is CC1(C)c2cc(N(c3ccc(-c4ccccc4C4CCCCC4)cc3)c3ccc(C4CC5CCC4C5)cc3)ccc2-c2cccc(-c3ccc(C4CCCCC4)cc3)c21. The average Bonchev–Trinajstić information content (AvgIpc) is 4.00. The summed E-state index contributed by atoms with van der Waals surface area (Å²) in [6.45, 7) is 4.91. The molecule has 5 aliphatic rings. The normalized spacial score (nSPS) is 22.3. The summed E-state index contributed by atoms with van der Waals surface area (Å²) in [7, 11) is 0. The third-order valence-corrected chi connectivity index (χ3v) is 16.0. The van der Waals surface area contributed by atoms with Crippen LogP contribution in [0.15, 0.2) is 133 Å². The highest BCUT2D eigenvalue weighted by Gasteiger charge is 2.41. The van der Waals surface area contributed by atoms with Gasteiger partial charge in [-0.25, -0.2) is 0 Å². The molecule has 4 fully saturated rings. The zero-order valence-electron chi connectivity index (χ0n) is 35.4. The topological polar surface area (TPSA) is 3.24 Å². The quantitative estimate of drug-likeness (QED) is 0.149. The van der Waals surface area contributed by atoms with E-state index in [4.69, 9.17) is 0 Å². The van der Waals surface area contributed by atoms with E-state index in [1.165, 1.54) is 163 Å². The van der Waals surface area contributed by atoms with Gasteiger partial charge in [0.15, 0.2) is 0 Å². The van der Waals surface area contributed by atoms with Gasteiger partial charge in [-0.3, -0.25) is 0 Å². The maximum absolute atomic E-state index is 2.52. The van der Waals surface area contributed by atoms with Crippen LogP contribution in [0.4, 0.5) is 17.1 Å². The van der Waals surface area contributed by atoms with Crippen molar-refractivity contribution in [1.82, 2.24) is 0 Å². The Morgan fingerprint density at radius 1 is 0.458 bits per heavy atom. The van der Waals surface area contributed by atoms with Crippen LogP contribution in [-0.2, 0) is 5.41 Å². The van der Waals surface area contributed by atoms with E-state index in [9.17, 15) is 0 Å². The summed E-state index contributed by atoms with van der Waals surface area (Å²) in [5, 5.41) is 0. The van der Waals surface area contributed by atoms with Gasteiger partial charge >= 0.3 is 0 Å². The minimum absolute atomic E-state index is 0.149. The second-order valence-corrected chi connectivity index (χ2v) is 19.7. The summed E-state index contributed by atoms with van der Waals surface area (Å²) in [6, 6.07) is 52.5. The van der Waals surface area contributed by atoms with Crippen molar-refractivity contribution in [2.45, 2.75) is 127 Å². The lowest BCUT2D eigenvalue weighted by atomic mass is 9.78. The lowest BCUT2D eigenvalue weighted by molar-refractivity contribution is 0.420. The number of rotatable bonds is 8. The van der Waals surface area contributed by atoms with Crippen LogP contribution >= 0.6 is 0 Å². The molecule has 1 heteroatoms. The summed E-state index contributed by atoms with van der Waals surface area (Å²) < 4.78 is 0. The summed E-state index contributed by atoms with van der Waals surface area (Å²) in [4.78, 5) is 2.52. The molecule has 5 aliphatic carbocycles. The number of nitrogens with zero attached hydrogens (tertiary/aromatic N) is 1. The zero-order chi connectivity index (χ0) is 39.5. The predicted octanol–water partition coefficient (Wildman–Crippen LogP) is 16.8. The standard InChI is InChI=1S/C58H61N/c1-58(2)56-38-49(34-35-53(56)54-19-11-18-52(57(54)58)44-24-22-41(23-25-44)40-12-5-3-6-13-40)59(48-32-28-45(29-33-48)55-37-39-20-21-46(55)36-39)47-30-26-43(27-31-47)51-17-10-9-16-50(51)42-14-7-4-8-15-42/h9-11,16-19,22-35,38-40,42,46,55H,3-8,12-15,20-21,36-37H2,1-2H3. The predicted molar refractivity (Wildman–Crippen MR) is 249 cm³/mol. The van der Waals surface area contributed by atoms with Gasteiger partial charge in [0.1, 0.15) is 0 Å². The first-order chi connectivity index (χ1) is 29.0. The second-order valence-electron chi connectivity index (χ2n) is 19.7. The monoisotopic (exact) mass is 771 g/mol. The van der Waals surface area contributed by atoms with Gasteiger partial charge in [0.05, 0.1) is 0 Å². The van der Waals surface area contributed by atoms with Gasteiger partial charge in [0.25, 0.3) is 0 Å². The third-order valence-electron chi connectivity index (χ3n) is 16.0. The largest absolute Gasteiger partial charge is 0.310 e. The van der Waals surface area contributed by atoms with Gasteiger partial charge in [-0.05, 0) is 172 Å². The molecule has 0 N–H and O–H groups in total. The van der Waals surface area contributed by atoms with Gasteiger partial charge in [0, 0.05) is 22.5 Å². The van der Waals surface area contributed by atoms with E-state index in [2.05, 4.69) is 152 Å². The molecule has 0 aliphatic heterocycles. The average molecular weight is 772 g/mol. The number of hydrogen-bond acceptors (Lipinski definition) is 1. The van der Waals surface area contributed by atoms with Crippen molar-refractivity contribution in [3.63, 3.8) is 0 Å². The van der Waals surface area contributed by atoms with Crippen LogP contribution in [0.2, 0.25) is 0 Å². The molecule has 0 aromatic heterocycles. The first-order valence-electron chi connectivity index (χ1n) is 23.5. The van der Waals surface area contributed by atoms with Crippen LogP contribution < -0.4 is 4.90 Å². The van der Waals surface area contributed by atoms with Crippen LogP contribution in [0.5, 0.6) is 0 Å².